The minimum Gasteiger partial charge on any atom is -0.536 e. The lowest BCUT2D eigenvalue weighted by Gasteiger charge is -2.39. The van der Waals surface area contributed by atoms with Crippen LogP contribution in [0.15, 0.2) is 53.4 Å². The molecular formula is C39H45BBrCl4N12O4. The number of alkyl carbamates (subject to hydrolysis) is 1. The van der Waals surface area contributed by atoms with Gasteiger partial charge < -0.3 is 45.2 Å². The summed E-state index contributed by atoms with van der Waals surface area (Å²) in [6, 6.07) is 10.4. The molecule has 2 aromatic carbocycles. The number of hydrogen-bond donors (Lipinski definition) is 5. The number of nitrogens with one attached hydrogen (secondary N) is 3. The van der Waals surface area contributed by atoms with E-state index in [2.05, 4.69) is 82.5 Å². The molecule has 0 atom stereocenters. The lowest BCUT2D eigenvalue weighted by atomic mass is 9.90. The van der Waals surface area contributed by atoms with E-state index >= 15 is 0 Å². The molecule has 2 saturated heterocycles. The van der Waals surface area contributed by atoms with Gasteiger partial charge in [-0.25, -0.2) is 24.7 Å². The molecule has 2 fully saturated rings. The maximum Gasteiger partial charge on any atom is 0.569 e. The van der Waals surface area contributed by atoms with Crippen LogP contribution in [0.25, 0.3) is 33.8 Å². The Balaban J connectivity index is 0.000000165. The molecule has 0 saturated carbocycles. The number of nitrogens with two attached hydrogens (primary N) is 1. The van der Waals surface area contributed by atoms with Crippen LogP contribution in [0.5, 0.6) is 5.75 Å². The van der Waals surface area contributed by atoms with Crippen molar-refractivity contribution >= 4 is 111 Å². The molecule has 4 aromatic heterocycles. The van der Waals surface area contributed by atoms with Crippen LogP contribution < -0.4 is 25.5 Å². The van der Waals surface area contributed by atoms with Gasteiger partial charge in [0.2, 0.25) is 11.9 Å². The van der Waals surface area contributed by atoms with Gasteiger partial charge in [-0.2, -0.15) is 9.97 Å². The Morgan fingerprint density at radius 3 is 1.97 bits per heavy atom. The maximum absolute atomic E-state index is 12.0. The fraction of sp³-hybridized carbons (Fsp3) is 0.410. The lowest BCUT2D eigenvalue weighted by molar-refractivity contribution is 0.0448. The average molecular weight is 978 g/mol. The summed E-state index contributed by atoms with van der Waals surface area (Å²) in [4.78, 5) is 49.5. The van der Waals surface area contributed by atoms with Crippen molar-refractivity contribution in [2.24, 2.45) is 5.73 Å². The number of aromatic nitrogens is 8. The second-order valence-electron chi connectivity index (χ2n) is 16.1. The summed E-state index contributed by atoms with van der Waals surface area (Å²) in [5.74, 6) is 1.87. The van der Waals surface area contributed by atoms with Crippen molar-refractivity contribution in [2.75, 3.05) is 36.0 Å². The molecule has 0 aliphatic carbocycles. The van der Waals surface area contributed by atoms with Gasteiger partial charge in [0, 0.05) is 42.8 Å². The number of halogens is 5. The fourth-order valence-electron chi connectivity index (χ4n) is 6.42. The van der Waals surface area contributed by atoms with Crippen LogP contribution in [0.2, 0.25) is 20.1 Å². The first-order valence-corrected chi connectivity index (χ1v) is 21.5. The zero-order valence-electron chi connectivity index (χ0n) is 34.1. The number of carbonyl (C=O) groups is 1. The molecular weight excluding hydrogens is 933 g/mol. The van der Waals surface area contributed by atoms with E-state index in [1.807, 2.05) is 39.8 Å². The highest BCUT2D eigenvalue weighted by Crippen LogP contribution is 2.34. The normalized spacial score (nSPS) is 15.9. The third kappa shape index (κ3) is 12.3. The number of piperidine rings is 2. The molecule has 6 N–H and O–H groups in total. The Kier molecular flexibility index (Phi) is 14.8. The highest BCUT2D eigenvalue weighted by Gasteiger charge is 2.34. The molecule has 2 aliphatic heterocycles. The van der Waals surface area contributed by atoms with Crippen molar-refractivity contribution in [1.82, 2.24) is 45.2 Å². The number of ether oxygens (including phenoxy) is 1. The molecule has 0 spiro atoms. The summed E-state index contributed by atoms with van der Waals surface area (Å²) < 4.78 is 10.7. The van der Waals surface area contributed by atoms with Crippen molar-refractivity contribution in [3.8, 4) is 17.0 Å². The SMILES string of the molecule is CC1(N)CCN(c2nc3ncc(-c4cccc(Cl)c4Cl)nc3[nH]2)CC1.CC1(NC(=O)OC(C)(C)C)CCN(c2nc3ncc(Br)nc3[nH]2)CC1.O[B]Oc1cccc(Cl)c1Cl. The quantitative estimate of drug-likeness (QED) is 0.0993. The molecule has 22 heteroatoms. The molecule has 323 valence electrons. The van der Waals surface area contributed by atoms with Gasteiger partial charge in [-0.15, -0.1) is 0 Å². The molecule has 16 nitrogen and oxygen atoms in total. The van der Waals surface area contributed by atoms with E-state index in [9.17, 15) is 4.79 Å². The van der Waals surface area contributed by atoms with Crippen LogP contribution in [0, 0.1) is 0 Å². The number of amides is 1. The molecule has 0 unspecified atom stereocenters. The number of hydrogen-bond acceptors (Lipinski definition) is 13. The molecule has 1 amide bonds. The first-order chi connectivity index (χ1) is 28.8. The zero-order chi connectivity index (χ0) is 44.1. The Morgan fingerprint density at radius 2 is 1.38 bits per heavy atom. The molecule has 8 rings (SSSR count). The van der Waals surface area contributed by atoms with Gasteiger partial charge in [-0.1, -0.05) is 64.6 Å². The number of rotatable bonds is 6. The summed E-state index contributed by atoms with van der Waals surface area (Å²) in [7, 11) is 0.553. The predicted octanol–water partition coefficient (Wildman–Crippen LogP) is 8.54. The minimum absolute atomic E-state index is 0.102. The van der Waals surface area contributed by atoms with Crippen molar-refractivity contribution in [3.63, 3.8) is 0 Å². The number of imidazole rings is 2. The van der Waals surface area contributed by atoms with Crippen LogP contribution in [0.3, 0.4) is 0 Å². The summed E-state index contributed by atoms with van der Waals surface area (Å²) in [6.45, 7) is 13.0. The third-order valence-electron chi connectivity index (χ3n) is 9.86. The minimum atomic E-state index is -0.496. The van der Waals surface area contributed by atoms with Gasteiger partial charge in [0.25, 0.3) is 0 Å². The van der Waals surface area contributed by atoms with Crippen LogP contribution in [0.4, 0.5) is 16.7 Å². The maximum atomic E-state index is 12.0. The number of aromatic amines is 2. The zero-order valence-corrected chi connectivity index (χ0v) is 38.7. The summed E-state index contributed by atoms with van der Waals surface area (Å²) in [6.07, 6.45) is 6.37. The number of nitrogens with zero attached hydrogens (tertiary/aromatic N) is 8. The molecule has 2 aliphatic rings. The van der Waals surface area contributed by atoms with E-state index in [4.69, 9.17) is 61.9 Å². The van der Waals surface area contributed by atoms with E-state index in [1.165, 1.54) is 0 Å². The van der Waals surface area contributed by atoms with Crippen LogP contribution in [0.1, 0.15) is 60.3 Å². The Morgan fingerprint density at radius 1 is 0.836 bits per heavy atom. The van der Waals surface area contributed by atoms with E-state index in [-0.39, 0.29) is 17.2 Å². The van der Waals surface area contributed by atoms with Crippen molar-refractivity contribution in [1.29, 1.82) is 0 Å². The van der Waals surface area contributed by atoms with Gasteiger partial charge >= 0.3 is 13.8 Å². The summed E-state index contributed by atoms with van der Waals surface area (Å²) in [5.41, 5.74) is 9.18. The van der Waals surface area contributed by atoms with E-state index in [0.29, 0.717) is 66.4 Å². The molecule has 1 radical (unpaired) electrons. The third-order valence-corrected chi connectivity index (χ3v) is 11.9. The van der Waals surface area contributed by atoms with Gasteiger partial charge in [0.1, 0.15) is 16.0 Å². The van der Waals surface area contributed by atoms with E-state index in [1.54, 1.807) is 36.7 Å². The van der Waals surface area contributed by atoms with Crippen LogP contribution in [-0.4, -0.2) is 102 Å². The highest BCUT2D eigenvalue weighted by molar-refractivity contribution is 9.10. The second kappa shape index (κ2) is 19.5. The monoisotopic (exact) mass is 975 g/mol. The Labute approximate surface area is 382 Å². The number of benzene rings is 2. The fourth-order valence-corrected chi connectivity index (χ4v) is 7.44. The predicted molar refractivity (Wildman–Crippen MR) is 245 cm³/mol. The van der Waals surface area contributed by atoms with Gasteiger partial charge in [-0.05, 0) is 94.4 Å². The van der Waals surface area contributed by atoms with Gasteiger partial charge in [0.15, 0.2) is 22.6 Å². The van der Waals surface area contributed by atoms with Crippen LogP contribution in [-0.2, 0) is 4.74 Å². The van der Waals surface area contributed by atoms with Crippen molar-refractivity contribution in [3.05, 3.63) is 73.5 Å². The molecule has 61 heavy (non-hydrogen) atoms. The number of fused-ring (bicyclic) bond motifs is 2. The Hall–Kier alpha value is -4.17. The largest absolute Gasteiger partial charge is 0.569 e. The van der Waals surface area contributed by atoms with E-state index in [0.717, 1.165) is 69.3 Å². The topological polar surface area (TPSA) is 209 Å². The smallest absolute Gasteiger partial charge is 0.536 e. The van der Waals surface area contributed by atoms with Gasteiger partial charge in [0.05, 0.1) is 38.2 Å². The van der Waals surface area contributed by atoms with Gasteiger partial charge in [-0.3, -0.25) is 0 Å². The van der Waals surface area contributed by atoms with E-state index < -0.39 is 5.60 Å². The first kappa shape index (κ1) is 46.3. The molecule has 6 aromatic rings. The highest BCUT2D eigenvalue weighted by atomic mass is 79.9. The van der Waals surface area contributed by atoms with Crippen LogP contribution >= 0.6 is 62.3 Å². The molecule has 6 heterocycles. The lowest BCUT2D eigenvalue weighted by Crippen LogP contribution is -2.54. The molecule has 0 bridgehead atoms. The first-order valence-electron chi connectivity index (χ1n) is 19.2. The number of carbonyl (C=O) groups excluding carboxylic acids is 1. The Bertz CT molecular complexity index is 2470. The average Bonchev–Trinajstić information content (AvgIpc) is 3.82. The number of anilines is 2. The standard InChI is InChI=1S/C17H18Cl2N6.C16H23BrN6O2.C6H4BCl2O2/c1-17(20)5-7-25(8-6-17)16-23-14-15(24-16)22-12(9-21-14)10-3-2-4-11(18)13(10)19;1-15(2,3)25-14(24)22-16(4)5-7-23(8-6-16)13-20-11-12(21-13)19-10(17)9-18-11;8-4-2-1-3-5(6(4)9)11-7-10/h2-4,9H,5-8,20H2,1H3,(H,21,22,23,24);9H,5-8H2,1-4H3,(H,22,24)(H,18,19,20,21);1-3,10H. The summed E-state index contributed by atoms with van der Waals surface area (Å²) >= 11 is 27.0. The van der Waals surface area contributed by atoms with Crippen molar-refractivity contribution < 1.29 is 19.2 Å². The second-order valence-corrected chi connectivity index (χ2v) is 18.5. The number of H-pyrrole nitrogens is 2. The summed E-state index contributed by atoms with van der Waals surface area (Å²) in [5, 5.41) is 12.9. The van der Waals surface area contributed by atoms with Crippen molar-refractivity contribution in [2.45, 2.75) is 77.0 Å².